The first-order valence-electron chi connectivity index (χ1n) is 10.8. The molecular weight excluding hydrogens is 381 g/mol. The number of carboxylic acids is 1. The van der Waals surface area contributed by atoms with Crippen LogP contribution in [0.3, 0.4) is 0 Å². The molecule has 0 aromatic rings. The molecule has 6 heteroatoms. The van der Waals surface area contributed by atoms with Crippen molar-refractivity contribution in [2.24, 2.45) is 0 Å². The van der Waals surface area contributed by atoms with Crippen LogP contribution in [-0.4, -0.2) is 29.9 Å². The van der Waals surface area contributed by atoms with E-state index in [9.17, 15) is 14.7 Å². The Labute approximate surface area is 199 Å². The third-order valence-corrected chi connectivity index (χ3v) is 5.35. The third-order valence-electron chi connectivity index (χ3n) is 4.71. The summed E-state index contributed by atoms with van der Waals surface area (Å²) in [5.41, 5.74) is 0. The van der Waals surface area contributed by atoms with Crippen LogP contribution < -0.4 is 40.0 Å². The molecule has 0 spiro atoms. The van der Waals surface area contributed by atoms with E-state index in [1.165, 1.54) is 76.7 Å². The molecule has 0 aromatic heterocycles. The predicted molar refractivity (Wildman–Crippen MR) is 115 cm³/mol. The maximum Gasteiger partial charge on any atom is 1.00 e. The van der Waals surface area contributed by atoms with E-state index in [4.69, 9.17) is 0 Å². The van der Waals surface area contributed by atoms with Crippen LogP contribution in [0, 0.1) is 0 Å². The van der Waals surface area contributed by atoms with Crippen molar-refractivity contribution in [3.05, 3.63) is 12.2 Å². The van der Waals surface area contributed by atoms with Crippen LogP contribution in [-0.2, 0) is 9.59 Å². The number of nitrogens with one attached hydrogen (secondary N) is 1. The second kappa shape index (κ2) is 23.3. The standard InChI is InChI=1S/C22H41NO3S.Na/c1-3-4-5-6-7-8-9-10-11-12-13-14-15-16-17-21(24)23-20(22(25)26)18-19-27-2;/h16-17,20H,3-15,18-19H2,1-2H3,(H,23,24)(H,25,26);/q;+1/p-1/t20-;/m0./s1. The Morgan fingerprint density at radius 1 is 0.929 bits per heavy atom. The van der Waals surface area contributed by atoms with E-state index < -0.39 is 12.0 Å². The molecule has 1 atom stereocenters. The second-order valence-corrected chi connectivity index (χ2v) is 8.23. The van der Waals surface area contributed by atoms with Crippen molar-refractivity contribution < 1.29 is 44.3 Å². The minimum atomic E-state index is -1.22. The van der Waals surface area contributed by atoms with E-state index in [2.05, 4.69) is 12.2 Å². The largest absolute Gasteiger partial charge is 1.00 e. The molecule has 158 valence electrons. The molecule has 0 rings (SSSR count). The van der Waals surface area contributed by atoms with E-state index >= 15 is 0 Å². The monoisotopic (exact) mass is 421 g/mol. The van der Waals surface area contributed by atoms with Gasteiger partial charge in [0.2, 0.25) is 5.91 Å². The Morgan fingerprint density at radius 2 is 1.43 bits per heavy atom. The van der Waals surface area contributed by atoms with Gasteiger partial charge in [0.25, 0.3) is 0 Å². The number of hydrogen-bond donors (Lipinski definition) is 1. The SMILES string of the molecule is CCCCCCCCCCCCCCC=CC(=O)N[C@@H](CCSC)C(=O)[O-].[Na+]. The smallest absolute Gasteiger partial charge is 0.548 e. The molecule has 0 aromatic carbocycles. The van der Waals surface area contributed by atoms with Crippen molar-refractivity contribution >= 4 is 23.6 Å². The van der Waals surface area contributed by atoms with Gasteiger partial charge in [0, 0.05) is 0 Å². The summed E-state index contributed by atoms with van der Waals surface area (Å²) in [6.07, 6.45) is 22.3. The summed E-state index contributed by atoms with van der Waals surface area (Å²) >= 11 is 1.55. The molecule has 0 saturated heterocycles. The maximum atomic E-state index is 11.7. The van der Waals surface area contributed by atoms with Gasteiger partial charge in [0.05, 0.1) is 12.0 Å². The number of carbonyl (C=O) groups excluding carboxylic acids is 2. The van der Waals surface area contributed by atoms with Crippen molar-refractivity contribution in [1.29, 1.82) is 0 Å². The second-order valence-electron chi connectivity index (χ2n) is 7.24. The van der Waals surface area contributed by atoms with Crippen molar-refractivity contribution in [3.63, 3.8) is 0 Å². The van der Waals surface area contributed by atoms with Gasteiger partial charge in [0.15, 0.2) is 0 Å². The summed E-state index contributed by atoms with van der Waals surface area (Å²) in [6.45, 7) is 2.25. The Kier molecular flexibility index (Phi) is 25.2. The molecule has 0 radical (unpaired) electrons. The number of rotatable bonds is 19. The molecule has 1 N–H and O–H groups in total. The molecule has 0 fully saturated rings. The van der Waals surface area contributed by atoms with Gasteiger partial charge in [-0.05, 0) is 37.3 Å². The number of carbonyl (C=O) groups is 2. The van der Waals surface area contributed by atoms with Gasteiger partial charge >= 0.3 is 29.6 Å². The number of aliphatic carboxylic acids is 1. The van der Waals surface area contributed by atoms with Crippen LogP contribution in [0.1, 0.15) is 96.8 Å². The third kappa shape index (κ3) is 20.8. The summed E-state index contributed by atoms with van der Waals surface area (Å²) < 4.78 is 0. The minimum absolute atomic E-state index is 0. The van der Waals surface area contributed by atoms with E-state index in [1.807, 2.05) is 12.3 Å². The fraction of sp³-hybridized carbons (Fsp3) is 0.818. The first-order chi connectivity index (χ1) is 13.1. The van der Waals surface area contributed by atoms with E-state index in [-0.39, 0.29) is 35.5 Å². The van der Waals surface area contributed by atoms with Crippen molar-refractivity contribution in [2.45, 2.75) is 103 Å². The van der Waals surface area contributed by atoms with Gasteiger partial charge in [-0.1, -0.05) is 83.6 Å². The van der Waals surface area contributed by atoms with Crippen LogP contribution in [0.5, 0.6) is 0 Å². The van der Waals surface area contributed by atoms with Crippen LogP contribution in [0.2, 0.25) is 0 Å². The topological polar surface area (TPSA) is 69.2 Å². The quantitative estimate of drug-likeness (QED) is 0.196. The Balaban J connectivity index is 0. The normalized spacial score (nSPS) is 11.9. The van der Waals surface area contributed by atoms with Crippen molar-refractivity contribution in [2.75, 3.05) is 12.0 Å². The number of unbranched alkanes of at least 4 members (excludes halogenated alkanes) is 12. The zero-order valence-corrected chi connectivity index (χ0v) is 21.3. The molecule has 0 aliphatic heterocycles. The summed E-state index contributed by atoms with van der Waals surface area (Å²) in [7, 11) is 0. The van der Waals surface area contributed by atoms with E-state index in [0.717, 1.165) is 12.8 Å². The number of carboxylic acid groups (broad SMARTS) is 1. The van der Waals surface area contributed by atoms with Gasteiger partial charge in [-0.3, -0.25) is 4.79 Å². The average molecular weight is 422 g/mol. The number of amides is 1. The van der Waals surface area contributed by atoms with Crippen molar-refractivity contribution in [1.82, 2.24) is 5.32 Å². The number of allylic oxidation sites excluding steroid dienone is 1. The zero-order chi connectivity index (χ0) is 20.2. The van der Waals surface area contributed by atoms with E-state index in [1.54, 1.807) is 11.8 Å². The first-order valence-corrected chi connectivity index (χ1v) is 12.2. The number of thioether (sulfide) groups is 1. The molecule has 0 aliphatic carbocycles. The van der Waals surface area contributed by atoms with Gasteiger partial charge < -0.3 is 15.2 Å². The van der Waals surface area contributed by atoms with Crippen LogP contribution >= 0.6 is 11.8 Å². The summed E-state index contributed by atoms with van der Waals surface area (Å²) in [4.78, 5) is 22.7. The molecular formula is C22H40NNaO3S. The molecule has 0 heterocycles. The summed E-state index contributed by atoms with van der Waals surface area (Å²) in [5, 5.41) is 13.5. The molecule has 1 amide bonds. The van der Waals surface area contributed by atoms with Crippen LogP contribution in [0.15, 0.2) is 12.2 Å². The predicted octanol–water partition coefficient (Wildman–Crippen LogP) is 1.63. The summed E-state index contributed by atoms with van der Waals surface area (Å²) in [6, 6.07) is -0.902. The fourth-order valence-corrected chi connectivity index (χ4v) is 3.47. The molecule has 0 bridgehead atoms. The maximum absolute atomic E-state index is 11.7. The van der Waals surface area contributed by atoms with E-state index in [0.29, 0.717) is 12.2 Å². The fourth-order valence-electron chi connectivity index (χ4n) is 3.00. The molecule has 0 aliphatic rings. The van der Waals surface area contributed by atoms with Crippen LogP contribution in [0.4, 0.5) is 0 Å². The van der Waals surface area contributed by atoms with Gasteiger partial charge in [-0.2, -0.15) is 11.8 Å². The Morgan fingerprint density at radius 3 is 1.89 bits per heavy atom. The Bertz CT molecular complexity index is 405. The van der Waals surface area contributed by atoms with Gasteiger partial charge in [-0.15, -0.1) is 0 Å². The molecule has 0 unspecified atom stereocenters. The van der Waals surface area contributed by atoms with Crippen LogP contribution in [0.25, 0.3) is 0 Å². The van der Waals surface area contributed by atoms with Gasteiger partial charge in [0.1, 0.15) is 0 Å². The zero-order valence-electron chi connectivity index (χ0n) is 18.5. The minimum Gasteiger partial charge on any atom is -0.548 e. The Hall–Kier alpha value is 0.0300. The number of hydrogen-bond acceptors (Lipinski definition) is 4. The first kappa shape index (κ1) is 30.2. The molecule has 0 saturated carbocycles. The average Bonchev–Trinajstić information content (AvgIpc) is 2.65. The van der Waals surface area contributed by atoms with Crippen molar-refractivity contribution in [3.8, 4) is 0 Å². The molecule has 4 nitrogen and oxygen atoms in total. The molecule has 28 heavy (non-hydrogen) atoms. The summed E-state index contributed by atoms with van der Waals surface area (Å²) in [5.74, 6) is -0.877. The van der Waals surface area contributed by atoms with Gasteiger partial charge in [-0.25, -0.2) is 0 Å².